The van der Waals surface area contributed by atoms with Gasteiger partial charge in [-0.2, -0.15) is 4.31 Å². The van der Waals surface area contributed by atoms with Gasteiger partial charge in [-0.3, -0.25) is 4.79 Å². The van der Waals surface area contributed by atoms with E-state index in [-0.39, 0.29) is 16.7 Å². The Labute approximate surface area is 168 Å². The van der Waals surface area contributed by atoms with Crippen molar-refractivity contribution in [2.75, 3.05) is 36.4 Å². The Kier molecular flexibility index (Phi) is 6.78. The van der Waals surface area contributed by atoms with Crippen LogP contribution in [0.2, 0.25) is 0 Å². The number of carbonyl (C=O) groups is 1. The minimum absolute atomic E-state index is 0.0258. The zero-order chi connectivity index (χ0) is 20.1. The third-order valence-corrected chi connectivity index (χ3v) is 7.70. The van der Waals surface area contributed by atoms with E-state index < -0.39 is 10.0 Å². The number of nitrogens with one attached hydrogen (secondary N) is 1. The molecule has 1 amide bonds. The third-order valence-electron chi connectivity index (χ3n) is 5.66. The molecule has 0 radical (unpaired) electrons. The van der Waals surface area contributed by atoms with Crippen molar-refractivity contribution < 1.29 is 13.2 Å². The molecular weight excluding hydrogens is 374 g/mol. The summed E-state index contributed by atoms with van der Waals surface area (Å²) in [6.07, 6.45) is 8.86. The number of benzene rings is 1. The number of hydrogen-bond acceptors (Lipinski definition) is 4. The second-order valence-electron chi connectivity index (χ2n) is 7.43. The summed E-state index contributed by atoms with van der Waals surface area (Å²) in [5, 5.41) is 3.05. The lowest BCUT2D eigenvalue weighted by molar-refractivity contribution is -0.120. The van der Waals surface area contributed by atoms with Crippen LogP contribution in [0.3, 0.4) is 0 Å². The Hall–Kier alpha value is -1.86. The molecule has 6 nitrogen and oxygen atoms in total. The zero-order valence-electron chi connectivity index (χ0n) is 16.9. The Morgan fingerprint density at radius 3 is 2.50 bits per heavy atom. The first-order valence-corrected chi connectivity index (χ1v) is 11.8. The first kappa shape index (κ1) is 20.9. The normalized spacial score (nSPS) is 20.0. The molecule has 2 aliphatic rings. The van der Waals surface area contributed by atoms with Crippen molar-refractivity contribution in [2.24, 2.45) is 5.92 Å². The summed E-state index contributed by atoms with van der Waals surface area (Å²) in [7, 11) is -3.57. The van der Waals surface area contributed by atoms with Crippen LogP contribution < -0.4 is 10.2 Å². The van der Waals surface area contributed by atoms with Crippen molar-refractivity contribution >= 4 is 27.3 Å². The maximum atomic E-state index is 13.0. The fourth-order valence-corrected chi connectivity index (χ4v) is 5.47. The van der Waals surface area contributed by atoms with Crippen molar-refractivity contribution in [1.82, 2.24) is 4.31 Å². The molecule has 3 rings (SSSR count). The molecule has 0 bridgehead atoms. The minimum Gasteiger partial charge on any atom is -0.370 e. The SMILES string of the molecule is CCN(CC)S(=O)(=O)c1ccc(N2CCCC2)c(NC(=O)C2CC=CCC2)c1. The lowest BCUT2D eigenvalue weighted by atomic mass is 9.93. The molecule has 1 aliphatic heterocycles. The highest BCUT2D eigenvalue weighted by Crippen LogP contribution is 2.33. The number of allylic oxidation sites excluding steroid dienone is 2. The molecule has 154 valence electrons. The summed E-state index contributed by atoms with van der Waals surface area (Å²) in [5.41, 5.74) is 1.52. The molecule has 1 aromatic carbocycles. The van der Waals surface area contributed by atoms with Gasteiger partial charge in [-0.05, 0) is 50.3 Å². The molecule has 0 aromatic heterocycles. The molecule has 1 fully saturated rings. The summed E-state index contributed by atoms with van der Waals surface area (Å²) < 4.78 is 27.4. The molecule has 1 saturated heterocycles. The Balaban J connectivity index is 1.94. The highest BCUT2D eigenvalue weighted by Gasteiger charge is 2.26. The van der Waals surface area contributed by atoms with Gasteiger partial charge in [0, 0.05) is 32.1 Å². The lowest BCUT2D eigenvalue weighted by Crippen LogP contribution is -2.31. The molecule has 1 aliphatic carbocycles. The fraction of sp³-hybridized carbons (Fsp3) is 0.571. The highest BCUT2D eigenvalue weighted by atomic mass is 32.2. The topological polar surface area (TPSA) is 69.7 Å². The average molecular weight is 406 g/mol. The van der Waals surface area contributed by atoms with Crippen LogP contribution in [0.15, 0.2) is 35.2 Å². The molecule has 7 heteroatoms. The van der Waals surface area contributed by atoms with E-state index in [4.69, 9.17) is 0 Å². The van der Waals surface area contributed by atoms with Gasteiger partial charge < -0.3 is 10.2 Å². The van der Waals surface area contributed by atoms with Gasteiger partial charge in [-0.25, -0.2) is 8.42 Å². The summed E-state index contributed by atoms with van der Waals surface area (Å²) in [4.78, 5) is 15.3. The van der Waals surface area contributed by atoms with E-state index in [2.05, 4.69) is 22.4 Å². The van der Waals surface area contributed by atoms with Crippen molar-refractivity contribution in [1.29, 1.82) is 0 Å². The average Bonchev–Trinajstić information content (AvgIpc) is 3.24. The van der Waals surface area contributed by atoms with Crippen molar-refractivity contribution in [3.05, 3.63) is 30.4 Å². The number of rotatable bonds is 7. The first-order valence-electron chi connectivity index (χ1n) is 10.3. The monoisotopic (exact) mass is 405 g/mol. The molecular formula is C21H31N3O3S. The molecule has 28 heavy (non-hydrogen) atoms. The second-order valence-corrected chi connectivity index (χ2v) is 9.37. The minimum atomic E-state index is -3.57. The first-order chi connectivity index (χ1) is 13.5. The highest BCUT2D eigenvalue weighted by molar-refractivity contribution is 7.89. The summed E-state index contributed by atoms with van der Waals surface area (Å²) in [6.45, 7) is 6.36. The number of nitrogens with zero attached hydrogens (tertiary/aromatic N) is 2. The number of anilines is 2. The van der Waals surface area contributed by atoms with Crippen LogP contribution in [0.1, 0.15) is 46.0 Å². The second kappa shape index (κ2) is 9.09. The largest absolute Gasteiger partial charge is 0.370 e. The molecule has 1 aromatic rings. The van der Waals surface area contributed by atoms with Gasteiger partial charge in [0.25, 0.3) is 0 Å². The summed E-state index contributed by atoms with van der Waals surface area (Å²) >= 11 is 0. The van der Waals surface area contributed by atoms with Gasteiger partial charge in [0.05, 0.1) is 16.3 Å². The van der Waals surface area contributed by atoms with Gasteiger partial charge in [0.1, 0.15) is 0 Å². The standard InChI is InChI=1S/C21H31N3O3S/c1-3-24(4-2)28(26,27)18-12-13-20(23-14-8-9-15-23)19(16-18)22-21(25)17-10-6-5-7-11-17/h5-6,12-13,16-17H,3-4,7-11,14-15H2,1-2H3,(H,22,25). The van der Waals surface area contributed by atoms with Crippen LogP contribution in [0, 0.1) is 5.92 Å². The predicted octanol–water partition coefficient (Wildman–Crippen LogP) is 3.61. The maximum absolute atomic E-state index is 13.0. The van der Waals surface area contributed by atoms with E-state index >= 15 is 0 Å². The predicted molar refractivity (Wildman–Crippen MR) is 113 cm³/mol. The van der Waals surface area contributed by atoms with Crippen LogP contribution >= 0.6 is 0 Å². The van der Waals surface area contributed by atoms with E-state index in [9.17, 15) is 13.2 Å². The van der Waals surface area contributed by atoms with Crippen LogP contribution in [0.25, 0.3) is 0 Å². The number of hydrogen-bond donors (Lipinski definition) is 1. The van der Waals surface area contributed by atoms with Gasteiger partial charge >= 0.3 is 0 Å². The van der Waals surface area contributed by atoms with E-state index in [0.29, 0.717) is 18.8 Å². The van der Waals surface area contributed by atoms with Gasteiger partial charge in [-0.15, -0.1) is 0 Å². The van der Waals surface area contributed by atoms with E-state index in [0.717, 1.165) is 50.9 Å². The Bertz CT molecular complexity index is 825. The van der Waals surface area contributed by atoms with E-state index in [1.54, 1.807) is 12.1 Å². The van der Waals surface area contributed by atoms with Crippen molar-refractivity contribution in [3.63, 3.8) is 0 Å². The van der Waals surface area contributed by atoms with Gasteiger partial charge in [0.2, 0.25) is 15.9 Å². The molecule has 1 unspecified atom stereocenters. The Morgan fingerprint density at radius 2 is 1.89 bits per heavy atom. The smallest absolute Gasteiger partial charge is 0.243 e. The van der Waals surface area contributed by atoms with Crippen LogP contribution in [-0.4, -0.2) is 44.8 Å². The molecule has 0 saturated carbocycles. The zero-order valence-corrected chi connectivity index (χ0v) is 17.7. The van der Waals surface area contributed by atoms with Gasteiger partial charge in [0.15, 0.2) is 0 Å². The maximum Gasteiger partial charge on any atom is 0.243 e. The van der Waals surface area contributed by atoms with Crippen LogP contribution in [0.4, 0.5) is 11.4 Å². The summed E-state index contributed by atoms with van der Waals surface area (Å²) in [5.74, 6) is -0.0818. The van der Waals surface area contributed by atoms with Crippen LogP contribution in [-0.2, 0) is 14.8 Å². The molecule has 0 spiro atoms. The molecule has 1 atom stereocenters. The van der Waals surface area contributed by atoms with E-state index in [1.807, 2.05) is 19.9 Å². The number of amides is 1. The molecule has 1 N–H and O–H groups in total. The van der Waals surface area contributed by atoms with E-state index in [1.165, 1.54) is 4.31 Å². The number of carbonyl (C=O) groups excluding carboxylic acids is 1. The van der Waals surface area contributed by atoms with Gasteiger partial charge in [-0.1, -0.05) is 26.0 Å². The van der Waals surface area contributed by atoms with Crippen molar-refractivity contribution in [2.45, 2.75) is 50.8 Å². The van der Waals surface area contributed by atoms with Crippen LogP contribution in [0.5, 0.6) is 0 Å². The number of sulfonamides is 1. The quantitative estimate of drug-likeness (QED) is 0.704. The summed E-state index contributed by atoms with van der Waals surface area (Å²) in [6, 6.07) is 5.15. The lowest BCUT2D eigenvalue weighted by Gasteiger charge is -2.25. The Morgan fingerprint density at radius 1 is 1.18 bits per heavy atom. The third kappa shape index (κ3) is 4.41. The van der Waals surface area contributed by atoms with Crippen molar-refractivity contribution in [3.8, 4) is 0 Å². The fourth-order valence-electron chi connectivity index (χ4n) is 3.99. The molecule has 1 heterocycles.